The van der Waals surface area contributed by atoms with E-state index in [1.807, 2.05) is 18.2 Å². The van der Waals surface area contributed by atoms with E-state index in [9.17, 15) is 0 Å². The second-order valence-electron chi connectivity index (χ2n) is 7.53. The van der Waals surface area contributed by atoms with Crippen molar-refractivity contribution in [2.75, 3.05) is 10.6 Å². The van der Waals surface area contributed by atoms with Crippen LogP contribution >= 0.6 is 0 Å². The molecule has 3 aromatic carbocycles. The van der Waals surface area contributed by atoms with Gasteiger partial charge in [0, 0.05) is 22.7 Å². The van der Waals surface area contributed by atoms with E-state index in [2.05, 4.69) is 92.9 Å². The summed E-state index contributed by atoms with van der Waals surface area (Å²) in [5.41, 5.74) is 7.01. The molecule has 0 spiro atoms. The van der Waals surface area contributed by atoms with Crippen LogP contribution in [0.5, 0.6) is 0 Å². The van der Waals surface area contributed by atoms with E-state index < -0.39 is 0 Å². The van der Waals surface area contributed by atoms with Crippen LogP contribution in [0.4, 0.5) is 22.7 Å². The fraction of sp³-hybridized carbons (Fsp3) is 0.217. The normalized spacial score (nSPS) is 11.2. The summed E-state index contributed by atoms with van der Waals surface area (Å²) in [6.45, 7) is 8.83. The summed E-state index contributed by atoms with van der Waals surface area (Å²) in [5, 5.41) is 7.06. The van der Waals surface area contributed by atoms with E-state index in [1.54, 1.807) is 0 Å². The minimum Gasteiger partial charge on any atom is -0.355 e. The highest BCUT2D eigenvalue weighted by atomic mass is 14.9. The van der Waals surface area contributed by atoms with Gasteiger partial charge in [-0.1, -0.05) is 51.1 Å². The first-order valence-corrected chi connectivity index (χ1v) is 8.71. The Kier molecular flexibility index (Phi) is 4.80. The molecule has 0 amide bonds. The Morgan fingerprint density at radius 1 is 0.600 bits per heavy atom. The average Bonchev–Trinajstić information content (AvgIpc) is 2.55. The number of para-hydroxylation sites is 1. The molecule has 3 aromatic rings. The molecular weight excluding hydrogens is 304 g/mol. The molecule has 0 unspecified atom stereocenters. The first-order chi connectivity index (χ1) is 11.9. The van der Waals surface area contributed by atoms with Gasteiger partial charge in [-0.05, 0) is 65.9 Å². The van der Waals surface area contributed by atoms with Gasteiger partial charge in [-0.25, -0.2) is 0 Å². The first kappa shape index (κ1) is 17.1. The topological polar surface area (TPSA) is 24.1 Å². The van der Waals surface area contributed by atoms with Gasteiger partial charge in [0.1, 0.15) is 0 Å². The van der Waals surface area contributed by atoms with Crippen LogP contribution in [-0.4, -0.2) is 0 Å². The Morgan fingerprint density at radius 3 is 1.80 bits per heavy atom. The monoisotopic (exact) mass is 330 g/mol. The highest BCUT2D eigenvalue weighted by Gasteiger charge is 2.15. The predicted octanol–water partition coefficient (Wildman–Crippen LogP) is 6.78. The number of anilines is 4. The number of hydrogen-bond donors (Lipinski definition) is 2. The summed E-state index contributed by atoms with van der Waals surface area (Å²) < 4.78 is 0. The molecule has 0 radical (unpaired) electrons. The first-order valence-electron chi connectivity index (χ1n) is 8.71. The SMILES string of the molecule is Cc1cccc(Nc2cc(Nc3ccccc3)cc(C(C)(C)C)c2)c1. The lowest BCUT2D eigenvalue weighted by molar-refractivity contribution is 0.591. The Hall–Kier alpha value is -2.74. The lowest BCUT2D eigenvalue weighted by Crippen LogP contribution is -2.12. The van der Waals surface area contributed by atoms with Crippen LogP contribution in [0.3, 0.4) is 0 Å². The Morgan fingerprint density at radius 2 is 1.20 bits per heavy atom. The van der Waals surface area contributed by atoms with Gasteiger partial charge in [-0.2, -0.15) is 0 Å². The zero-order valence-corrected chi connectivity index (χ0v) is 15.4. The van der Waals surface area contributed by atoms with Gasteiger partial charge >= 0.3 is 0 Å². The van der Waals surface area contributed by atoms with Crippen LogP contribution in [0, 0.1) is 6.92 Å². The van der Waals surface area contributed by atoms with Crippen LogP contribution < -0.4 is 10.6 Å². The molecule has 0 aromatic heterocycles. The van der Waals surface area contributed by atoms with Crippen molar-refractivity contribution in [3.05, 3.63) is 83.9 Å². The van der Waals surface area contributed by atoms with Crippen LogP contribution in [0.25, 0.3) is 0 Å². The van der Waals surface area contributed by atoms with Gasteiger partial charge in [0.15, 0.2) is 0 Å². The van der Waals surface area contributed by atoms with E-state index in [4.69, 9.17) is 0 Å². The van der Waals surface area contributed by atoms with Crippen molar-refractivity contribution >= 4 is 22.7 Å². The lowest BCUT2D eigenvalue weighted by atomic mass is 9.86. The number of nitrogens with one attached hydrogen (secondary N) is 2. The molecular formula is C23H26N2. The summed E-state index contributed by atoms with van der Waals surface area (Å²) in [7, 11) is 0. The van der Waals surface area contributed by atoms with E-state index in [0.29, 0.717) is 0 Å². The van der Waals surface area contributed by atoms with E-state index >= 15 is 0 Å². The summed E-state index contributed by atoms with van der Waals surface area (Å²) in [6.07, 6.45) is 0. The minimum atomic E-state index is 0.0808. The predicted molar refractivity (Wildman–Crippen MR) is 109 cm³/mol. The third-order valence-corrected chi connectivity index (χ3v) is 4.17. The van der Waals surface area contributed by atoms with Crippen molar-refractivity contribution < 1.29 is 0 Å². The summed E-state index contributed by atoms with van der Waals surface area (Å²) in [4.78, 5) is 0. The Bertz CT molecular complexity index is 845. The molecule has 0 bridgehead atoms. The summed E-state index contributed by atoms with van der Waals surface area (Å²) in [5.74, 6) is 0. The molecule has 2 N–H and O–H groups in total. The minimum absolute atomic E-state index is 0.0808. The van der Waals surface area contributed by atoms with Crippen LogP contribution in [0.2, 0.25) is 0 Å². The van der Waals surface area contributed by atoms with E-state index in [1.165, 1.54) is 11.1 Å². The second-order valence-corrected chi connectivity index (χ2v) is 7.53. The molecule has 0 saturated carbocycles. The van der Waals surface area contributed by atoms with Crippen LogP contribution in [0.15, 0.2) is 72.8 Å². The fourth-order valence-electron chi connectivity index (χ4n) is 2.78. The fourth-order valence-corrected chi connectivity index (χ4v) is 2.78. The van der Waals surface area contributed by atoms with Crippen molar-refractivity contribution in [2.45, 2.75) is 33.1 Å². The Labute approximate surface area is 150 Å². The molecule has 2 heteroatoms. The number of rotatable bonds is 4. The molecule has 0 fully saturated rings. The number of benzene rings is 3. The number of hydrogen-bond acceptors (Lipinski definition) is 2. The maximum atomic E-state index is 3.54. The summed E-state index contributed by atoms with van der Waals surface area (Å²) >= 11 is 0. The smallest absolute Gasteiger partial charge is 0.0408 e. The average molecular weight is 330 g/mol. The molecule has 0 saturated heterocycles. The van der Waals surface area contributed by atoms with Gasteiger partial charge in [0.05, 0.1) is 0 Å². The molecule has 0 aliphatic carbocycles. The molecule has 0 atom stereocenters. The zero-order chi connectivity index (χ0) is 17.9. The third kappa shape index (κ3) is 4.63. The molecule has 0 aliphatic heterocycles. The molecule has 128 valence electrons. The summed E-state index contributed by atoms with van der Waals surface area (Å²) in [6, 6.07) is 25.3. The maximum absolute atomic E-state index is 3.54. The van der Waals surface area contributed by atoms with E-state index in [-0.39, 0.29) is 5.41 Å². The molecule has 3 rings (SSSR count). The van der Waals surface area contributed by atoms with Crippen molar-refractivity contribution in [1.29, 1.82) is 0 Å². The molecule has 0 heterocycles. The maximum Gasteiger partial charge on any atom is 0.0408 e. The zero-order valence-electron chi connectivity index (χ0n) is 15.4. The van der Waals surface area contributed by atoms with Gasteiger partial charge in [-0.15, -0.1) is 0 Å². The molecule has 25 heavy (non-hydrogen) atoms. The highest BCUT2D eigenvalue weighted by molar-refractivity contribution is 5.70. The van der Waals surface area contributed by atoms with Gasteiger partial charge < -0.3 is 10.6 Å². The van der Waals surface area contributed by atoms with Crippen molar-refractivity contribution in [3.8, 4) is 0 Å². The van der Waals surface area contributed by atoms with Gasteiger partial charge in [0.25, 0.3) is 0 Å². The number of aryl methyl sites for hydroxylation is 1. The van der Waals surface area contributed by atoms with Crippen molar-refractivity contribution in [2.24, 2.45) is 0 Å². The largest absolute Gasteiger partial charge is 0.355 e. The molecule has 0 aliphatic rings. The van der Waals surface area contributed by atoms with Gasteiger partial charge in [0.2, 0.25) is 0 Å². The van der Waals surface area contributed by atoms with Crippen LogP contribution in [0.1, 0.15) is 31.9 Å². The lowest BCUT2D eigenvalue weighted by Gasteiger charge is -2.22. The second kappa shape index (κ2) is 7.02. The van der Waals surface area contributed by atoms with Crippen molar-refractivity contribution in [1.82, 2.24) is 0 Å². The quantitative estimate of drug-likeness (QED) is 0.551. The highest BCUT2D eigenvalue weighted by Crippen LogP contribution is 2.31. The van der Waals surface area contributed by atoms with Crippen molar-refractivity contribution in [3.63, 3.8) is 0 Å². The van der Waals surface area contributed by atoms with E-state index in [0.717, 1.165) is 22.7 Å². The Balaban J connectivity index is 1.95. The van der Waals surface area contributed by atoms with Gasteiger partial charge in [-0.3, -0.25) is 0 Å². The van der Waals surface area contributed by atoms with Crippen LogP contribution in [-0.2, 0) is 5.41 Å². The standard InChI is InChI=1S/C23H26N2/c1-17-9-8-12-20(13-17)25-22-15-18(23(2,3)4)14-21(16-22)24-19-10-6-5-7-11-19/h5-16,24-25H,1-4H3. The third-order valence-electron chi connectivity index (χ3n) is 4.17. The molecule has 2 nitrogen and oxygen atoms in total.